The summed E-state index contributed by atoms with van der Waals surface area (Å²) in [5, 5.41) is 3.14. The molecule has 1 aromatic rings. The predicted octanol–water partition coefficient (Wildman–Crippen LogP) is 2.56. The molecule has 0 aliphatic carbocycles. The van der Waals surface area contributed by atoms with Crippen molar-refractivity contribution in [1.82, 2.24) is 10.2 Å². The molecule has 1 aliphatic rings. The molecule has 1 saturated heterocycles. The largest absolute Gasteiger partial charge is 0.346 e. The van der Waals surface area contributed by atoms with Crippen LogP contribution in [0.4, 0.5) is 0 Å². The first-order valence-corrected chi connectivity index (χ1v) is 8.30. The van der Waals surface area contributed by atoms with E-state index in [-0.39, 0.29) is 23.6 Å². The highest BCUT2D eigenvalue weighted by molar-refractivity contribution is 8.00. The fourth-order valence-corrected chi connectivity index (χ4v) is 3.17. The van der Waals surface area contributed by atoms with E-state index in [1.807, 2.05) is 19.1 Å². The number of hydrogen-bond donors (Lipinski definition) is 1. The molecular formula is C15H19ClN2O2S. The molecule has 2 rings (SSSR count). The van der Waals surface area contributed by atoms with Crippen molar-refractivity contribution in [2.75, 3.05) is 19.6 Å². The molecule has 1 fully saturated rings. The Labute approximate surface area is 134 Å². The van der Waals surface area contributed by atoms with Crippen LogP contribution in [-0.2, 0) is 9.59 Å². The van der Waals surface area contributed by atoms with Gasteiger partial charge in [0.05, 0.1) is 11.8 Å². The summed E-state index contributed by atoms with van der Waals surface area (Å²) in [7, 11) is 0. The van der Waals surface area contributed by atoms with E-state index in [1.165, 1.54) is 11.8 Å². The SMILES string of the molecule is CC(Sc1ccc(Cl)cc1)C(=O)NCC(=O)N1CCCC1. The van der Waals surface area contributed by atoms with Gasteiger partial charge in [0.2, 0.25) is 11.8 Å². The van der Waals surface area contributed by atoms with E-state index in [4.69, 9.17) is 11.6 Å². The molecule has 0 saturated carbocycles. The summed E-state index contributed by atoms with van der Waals surface area (Å²) >= 11 is 7.28. The number of hydrogen-bond acceptors (Lipinski definition) is 3. The molecule has 0 bridgehead atoms. The van der Waals surface area contributed by atoms with Gasteiger partial charge in [0.25, 0.3) is 0 Å². The molecular weight excluding hydrogens is 308 g/mol. The van der Waals surface area contributed by atoms with Gasteiger partial charge in [0.15, 0.2) is 0 Å². The highest BCUT2D eigenvalue weighted by Gasteiger charge is 2.20. The lowest BCUT2D eigenvalue weighted by Gasteiger charge is -2.17. The summed E-state index contributed by atoms with van der Waals surface area (Å²) in [4.78, 5) is 26.6. The van der Waals surface area contributed by atoms with Gasteiger partial charge in [0, 0.05) is 23.0 Å². The zero-order valence-corrected chi connectivity index (χ0v) is 13.5. The van der Waals surface area contributed by atoms with Crippen molar-refractivity contribution >= 4 is 35.2 Å². The molecule has 1 unspecified atom stereocenters. The van der Waals surface area contributed by atoms with Crippen LogP contribution in [0.25, 0.3) is 0 Å². The number of rotatable bonds is 5. The maximum atomic E-state index is 12.0. The molecule has 4 nitrogen and oxygen atoms in total. The zero-order chi connectivity index (χ0) is 15.2. The molecule has 1 N–H and O–H groups in total. The average molecular weight is 327 g/mol. The first-order valence-electron chi connectivity index (χ1n) is 7.04. The lowest BCUT2D eigenvalue weighted by atomic mass is 10.4. The van der Waals surface area contributed by atoms with E-state index >= 15 is 0 Å². The molecule has 0 radical (unpaired) electrons. The Morgan fingerprint density at radius 1 is 1.29 bits per heavy atom. The van der Waals surface area contributed by atoms with Crippen molar-refractivity contribution in [2.45, 2.75) is 29.9 Å². The number of nitrogens with one attached hydrogen (secondary N) is 1. The summed E-state index contributed by atoms with van der Waals surface area (Å²) in [6, 6.07) is 7.36. The second-order valence-electron chi connectivity index (χ2n) is 5.02. The van der Waals surface area contributed by atoms with Crippen LogP contribution in [0.3, 0.4) is 0 Å². The number of amides is 2. The monoisotopic (exact) mass is 326 g/mol. The van der Waals surface area contributed by atoms with Crippen LogP contribution in [0.2, 0.25) is 5.02 Å². The maximum Gasteiger partial charge on any atom is 0.241 e. The second kappa shape index (κ2) is 7.71. The van der Waals surface area contributed by atoms with Crippen molar-refractivity contribution in [2.24, 2.45) is 0 Å². The quantitative estimate of drug-likeness (QED) is 0.846. The minimum absolute atomic E-state index is 0.00421. The van der Waals surface area contributed by atoms with Crippen LogP contribution in [0.15, 0.2) is 29.2 Å². The Balaban J connectivity index is 1.76. The van der Waals surface area contributed by atoms with Gasteiger partial charge in [-0.3, -0.25) is 9.59 Å². The van der Waals surface area contributed by atoms with Crippen LogP contribution in [-0.4, -0.2) is 41.6 Å². The average Bonchev–Trinajstić information content (AvgIpc) is 3.01. The Kier molecular flexibility index (Phi) is 5.94. The van der Waals surface area contributed by atoms with Crippen molar-refractivity contribution in [1.29, 1.82) is 0 Å². The summed E-state index contributed by atoms with van der Waals surface area (Å²) in [5.41, 5.74) is 0. The molecule has 114 valence electrons. The van der Waals surface area contributed by atoms with Crippen molar-refractivity contribution < 1.29 is 9.59 Å². The lowest BCUT2D eigenvalue weighted by Crippen LogP contribution is -2.41. The first kappa shape index (κ1) is 16.2. The van der Waals surface area contributed by atoms with Gasteiger partial charge < -0.3 is 10.2 Å². The highest BCUT2D eigenvalue weighted by atomic mass is 35.5. The minimum atomic E-state index is -0.252. The number of carbonyl (C=O) groups is 2. The van der Waals surface area contributed by atoms with Crippen LogP contribution in [0.5, 0.6) is 0 Å². The smallest absolute Gasteiger partial charge is 0.241 e. The van der Waals surface area contributed by atoms with Gasteiger partial charge in [-0.15, -0.1) is 11.8 Å². The third-order valence-electron chi connectivity index (χ3n) is 3.37. The fraction of sp³-hybridized carbons (Fsp3) is 0.467. The maximum absolute atomic E-state index is 12.0. The number of likely N-dealkylation sites (tertiary alicyclic amines) is 1. The normalized spacial score (nSPS) is 15.8. The molecule has 6 heteroatoms. The van der Waals surface area contributed by atoms with Crippen LogP contribution < -0.4 is 5.32 Å². The number of halogens is 1. The molecule has 1 heterocycles. The van der Waals surface area contributed by atoms with E-state index in [9.17, 15) is 9.59 Å². The van der Waals surface area contributed by atoms with Crippen LogP contribution in [0.1, 0.15) is 19.8 Å². The van der Waals surface area contributed by atoms with E-state index in [0.717, 1.165) is 30.8 Å². The van der Waals surface area contributed by atoms with Gasteiger partial charge in [-0.05, 0) is 44.0 Å². The summed E-state index contributed by atoms with van der Waals surface area (Å²) in [6.07, 6.45) is 2.12. The van der Waals surface area contributed by atoms with E-state index in [0.29, 0.717) is 5.02 Å². The fourth-order valence-electron chi connectivity index (χ4n) is 2.16. The predicted molar refractivity (Wildman–Crippen MR) is 85.6 cm³/mol. The summed E-state index contributed by atoms with van der Waals surface area (Å²) in [6.45, 7) is 3.53. The molecule has 1 aromatic carbocycles. The highest BCUT2D eigenvalue weighted by Crippen LogP contribution is 2.24. The van der Waals surface area contributed by atoms with Gasteiger partial charge in [-0.25, -0.2) is 0 Å². The minimum Gasteiger partial charge on any atom is -0.346 e. The number of thioether (sulfide) groups is 1. The lowest BCUT2D eigenvalue weighted by molar-refractivity contribution is -0.131. The second-order valence-corrected chi connectivity index (χ2v) is 6.87. The Morgan fingerprint density at radius 3 is 2.52 bits per heavy atom. The van der Waals surface area contributed by atoms with Gasteiger partial charge in [-0.1, -0.05) is 11.6 Å². The number of nitrogens with zero attached hydrogens (tertiary/aromatic N) is 1. The molecule has 21 heavy (non-hydrogen) atoms. The Bertz CT molecular complexity index is 501. The summed E-state index contributed by atoms with van der Waals surface area (Å²) in [5.74, 6) is -0.118. The number of benzene rings is 1. The van der Waals surface area contributed by atoms with E-state index in [1.54, 1.807) is 17.0 Å². The number of carbonyl (C=O) groups excluding carboxylic acids is 2. The van der Waals surface area contributed by atoms with Crippen LogP contribution >= 0.6 is 23.4 Å². The Hall–Kier alpha value is -1.20. The standard InChI is InChI=1S/C15H19ClN2O2S/c1-11(21-13-6-4-12(16)5-7-13)15(20)17-10-14(19)18-8-2-3-9-18/h4-7,11H,2-3,8-10H2,1H3,(H,17,20). The van der Waals surface area contributed by atoms with Crippen molar-refractivity contribution in [3.8, 4) is 0 Å². The molecule has 1 atom stereocenters. The Morgan fingerprint density at radius 2 is 1.90 bits per heavy atom. The zero-order valence-electron chi connectivity index (χ0n) is 12.0. The topological polar surface area (TPSA) is 49.4 Å². The molecule has 1 aliphatic heterocycles. The third-order valence-corrected chi connectivity index (χ3v) is 4.73. The van der Waals surface area contributed by atoms with E-state index < -0.39 is 0 Å². The van der Waals surface area contributed by atoms with Crippen LogP contribution in [0, 0.1) is 0 Å². The van der Waals surface area contributed by atoms with E-state index in [2.05, 4.69) is 5.32 Å². The van der Waals surface area contributed by atoms with Gasteiger partial charge in [0.1, 0.15) is 0 Å². The first-order chi connectivity index (χ1) is 10.1. The summed E-state index contributed by atoms with van der Waals surface area (Å²) < 4.78 is 0. The molecule has 0 spiro atoms. The van der Waals surface area contributed by atoms with Gasteiger partial charge >= 0.3 is 0 Å². The van der Waals surface area contributed by atoms with Gasteiger partial charge in [-0.2, -0.15) is 0 Å². The molecule has 2 amide bonds. The molecule has 0 aromatic heterocycles. The third kappa shape index (κ3) is 4.93. The van der Waals surface area contributed by atoms with Crippen molar-refractivity contribution in [3.05, 3.63) is 29.3 Å². The van der Waals surface area contributed by atoms with Crippen molar-refractivity contribution in [3.63, 3.8) is 0 Å².